The molecule has 0 heterocycles. The fourth-order valence-electron chi connectivity index (χ4n) is 4.27. The number of carbonyl (C=O) groups excluding carboxylic acids is 2. The van der Waals surface area contributed by atoms with Crippen LogP contribution in [0.15, 0.2) is 42.5 Å². The molecule has 2 amide bonds. The second kappa shape index (κ2) is 13.6. The summed E-state index contributed by atoms with van der Waals surface area (Å²) in [4.78, 5) is 28.4. The van der Waals surface area contributed by atoms with Crippen LogP contribution in [-0.4, -0.2) is 34.6 Å². The third-order valence-corrected chi connectivity index (χ3v) is 8.19. The van der Waals surface area contributed by atoms with Gasteiger partial charge in [-0.15, -0.1) is 11.8 Å². The van der Waals surface area contributed by atoms with Crippen molar-refractivity contribution in [2.75, 3.05) is 5.75 Å². The smallest absolute Gasteiger partial charge is 0.243 e. The number of nitrogens with zero attached hydrogens (tertiary/aromatic N) is 1. The van der Waals surface area contributed by atoms with Gasteiger partial charge < -0.3 is 10.2 Å². The molecule has 184 valence electrons. The lowest BCUT2D eigenvalue weighted by Gasteiger charge is -2.33. The molecule has 4 nitrogen and oxygen atoms in total. The van der Waals surface area contributed by atoms with Gasteiger partial charge in [0, 0.05) is 33.4 Å². The van der Waals surface area contributed by atoms with Crippen molar-refractivity contribution >= 4 is 58.4 Å². The minimum Gasteiger partial charge on any atom is -0.352 e. The molecule has 2 aromatic rings. The van der Waals surface area contributed by atoms with E-state index in [-0.39, 0.29) is 30.2 Å². The highest BCUT2D eigenvalue weighted by Gasteiger charge is 2.30. The van der Waals surface area contributed by atoms with Gasteiger partial charge in [0.1, 0.15) is 6.04 Å². The number of amides is 2. The molecule has 3 rings (SSSR count). The van der Waals surface area contributed by atoms with Crippen LogP contribution in [0.1, 0.15) is 56.6 Å². The number of carbonyl (C=O) groups is 2. The van der Waals surface area contributed by atoms with E-state index in [2.05, 4.69) is 5.32 Å². The van der Waals surface area contributed by atoms with Crippen LogP contribution in [0.2, 0.25) is 15.1 Å². The monoisotopic (exact) mass is 540 g/mol. The van der Waals surface area contributed by atoms with E-state index in [1.807, 2.05) is 25.1 Å². The summed E-state index contributed by atoms with van der Waals surface area (Å²) in [6.45, 7) is 2.22. The van der Waals surface area contributed by atoms with Crippen LogP contribution in [0.3, 0.4) is 0 Å². The number of nitrogens with one attached hydrogen (secondary N) is 1. The lowest BCUT2D eigenvalue weighted by Crippen LogP contribution is -2.52. The summed E-state index contributed by atoms with van der Waals surface area (Å²) in [6, 6.07) is 12.4. The second-order valence-electron chi connectivity index (χ2n) is 8.57. The van der Waals surface area contributed by atoms with E-state index in [0.717, 1.165) is 36.8 Å². The summed E-state index contributed by atoms with van der Waals surface area (Å²) in [5.74, 6) is 0.516. The molecule has 1 fully saturated rings. The zero-order valence-corrected chi connectivity index (χ0v) is 22.5. The first kappa shape index (κ1) is 27.2. The van der Waals surface area contributed by atoms with Crippen LogP contribution in [0.5, 0.6) is 0 Å². The molecule has 0 radical (unpaired) electrons. The van der Waals surface area contributed by atoms with E-state index in [4.69, 9.17) is 34.8 Å². The Kier molecular flexibility index (Phi) is 10.9. The Bertz CT molecular complexity index is 962. The van der Waals surface area contributed by atoms with E-state index in [0.29, 0.717) is 27.2 Å². The van der Waals surface area contributed by atoms with Crippen LogP contribution in [-0.2, 0) is 21.9 Å². The largest absolute Gasteiger partial charge is 0.352 e. The molecule has 1 aliphatic rings. The Morgan fingerprint density at radius 2 is 1.65 bits per heavy atom. The molecule has 0 spiro atoms. The normalized spacial score (nSPS) is 15.1. The molecule has 1 atom stereocenters. The van der Waals surface area contributed by atoms with Gasteiger partial charge in [-0.1, -0.05) is 85.3 Å². The van der Waals surface area contributed by atoms with Crippen molar-refractivity contribution in [1.82, 2.24) is 10.2 Å². The third-order valence-electron chi connectivity index (χ3n) is 6.17. The summed E-state index contributed by atoms with van der Waals surface area (Å²) in [5.41, 5.74) is 1.63. The zero-order valence-electron chi connectivity index (χ0n) is 19.4. The van der Waals surface area contributed by atoms with Gasteiger partial charge in [0.15, 0.2) is 0 Å². The van der Waals surface area contributed by atoms with Gasteiger partial charge in [0.2, 0.25) is 11.8 Å². The first-order chi connectivity index (χ1) is 16.4. The Labute approximate surface area is 221 Å². The topological polar surface area (TPSA) is 49.4 Å². The van der Waals surface area contributed by atoms with Crippen molar-refractivity contribution < 1.29 is 9.59 Å². The first-order valence-electron chi connectivity index (χ1n) is 11.7. The highest BCUT2D eigenvalue weighted by atomic mass is 35.5. The predicted octanol–water partition coefficient (Wildman–Crippen LogP) is 7.14. The minimum absolute atomic E-state index is 0.0889. The highest BCUT2D eigenvalue weighted by Crippen LogP contribution is 2.29. The molecule has 0 aromatic heterocycles. The van der Waals surface area contributed by atoms with Gasteiger partial charge in [0.25, 0.3) is 0 Å². The van der Waals surface area contributed by atoms with E-state index in [1.165, 1.54) is 18.2 Å². The van der Waals surface area contributed by atoms with Crippen molar-refractivity contribution in [1.29, 1.82) is 0 Å². The van der Waals surface area contributed by atoms with Gasteiger partial charge in [-0.25, -0.2) is 0 Å². The number of thioether (sulfide) groups is 1. The molecule has 34 heavy (non-hydrogen) atoms. The summed E-state index contributed by atoms with van der Waals surface area (Å²) in [6.07, 6.45) is 5.99. The number of benzene rings is 2. The standard InChI is InChI=1S/C26H31Cl3N2O2S/c1-2-24(26(33)30-19-10-4-3-5-11-19)31(15-18-9-6-7-12-21(18)27)25(32)17-34-16-20-22(28)13-8-14-23(20)29/h6-9,12-14,19,24H,2-5,10-11,15-17H2,1H3,(H,30,33). The quantitative estimate of drug-likeness (QED) is 0.348. The molecule has 1 aliphatic carbocycles. The van der Waals surface area contributed by atoms with E-state index < -0.39 is 6.04 Å². The lowest BCUT2D eigenvalue weighted by atomic mass is 9.95. The summed E-state index contributed by atoms with van der Waals surface area (Å²) < 4.78 is 0. The molecule has 1 N–H and O–H groups in total. The Morgan fingerprint density at radius 1 is 1.00 bits per heavy atom. The van der Waals surface area contributed by atoms with E-state index in [1.54, 1.807) is 29.2 Å². The first-order valence-corrected chi connectivity index (χ1v) is 14.0. The fourth-order valence-corrected chi connectivity index (χ4v) is 6.11. The molecule has 0 aliphatic heterocycles. The number of rotatable bonds is 10. The summed E-state index contributed by atoms with van der Waals surface area (Å²) >= 11 is 20.4. The van der Waals surface area contributed by atoms with Crippen molar-refractivity contribution in [3.8, 4) is 0 Å². The molecular weight excluding hydrogens is 511 g/mol. The maximum Gasteiger partial charge on any atom is 0.243 e. The van der Waals surface area contributed by atoms with Gasteiger partial charge in [-0.05, 0) is 48.6 Å². The van der Waals surface area contributed by atoms with Crippen LogP contribution in [0.25, 0.3) is 0 Å². The highest BCUT2D eigenvalue weighted by molar-refractivity contribution is 7.99. The number of hydrogen-bond acceptors (Lipinski definition) is 3. The molecule has 2 aromatic carbocycles. The van der Waals surface area contributed by atoms with E-state index >= 15 is 0 Å². The van der Waals surface area contributed by atoms with Crippen LogP contribution in [0, 0.1) is 0 Å². The molecule has 0 bridgehead atoms. The maximum atomic E-state index is 13.4. The SMILES string of the molecule is CCC(C(=O)NC1CCCCC1)N(Cc1ccccc1Cl)C(=O)CSCc1c(Cl)cccc1Cl. The number of halogens is 3. The zero-order chi connectivity index (χ0) is 24.5. The van der Waals surface area contributed by atoms with Crippen LogP contribution < -0.4 is 5.32 Å². The van der Waals surface area contributed by atoms with Crippen LogP contribution in [0.4, 0.5) is 0 Å². The number of hydrogen-bond donors (Lipinski definition) is 1. The van der Waals surface area contributed by atoms with Crippen molar-refractivity contribution in [2.45, 2.75) is 69.8 Å². The summed E-state index contributed by atoms with van der Waals surface area (Å²) in [7, 11) is 0. The average Bonchev–Trinajstić information content (AvgIpc) is 2.82. The fraction of sp³-hybridized carbons (Fsp3) is 0.462. The summed E-state index contributed by atoms with van der Waals surface area (Å²) in [5, 5.41) is 4.94. The van der Waals surface area contributed by atoms with Crippen molar-refractivity contribution in [2.24, 2.45) is 0 Å². The van der Waals surface area contributed by atoms with E-state index in [9.17, 15) is 9.59 Å². The van der Waals surface area contributed by atoms with Gasteiger partial charge in [0.05, 0.1) is 5.75 Å². The van der Waals surface area contributed by atoms with Gasteiger partial charge in [-0.3, -0.25) is 9.59 Å². The second-order valence-corrected chi connectivity index (χ2v) is 10.8. The molecule has 0 saturated heterocycles. The molecule has 1 unspecified atom stereocenters. The third kappa shape index (κ3) is 7.55. The minimum atomic E-state index is -0.560. The molecule has 1 saturated carbocycles. The Balaban J connectivity index is 1.73. The van der Waals surface area contributed by atoms with Gasteiger partial charge >= 0.3 is 0 Å². The van der Waals surface area contributed by atoms with Crippen molar-refractivity contribution in [3.05, 3.63) is 68.7 Å². The van der Waals surface area contributed by atoms with Crippen molar-refractivity contribution in [3.63, 3.8) is 0 Å². The average molecular weight is 542 g/mol. The van der Waals surface area contributed by atoms with Crippen LogP contribution >= 0.6 is 46.6 Å². The lowest BCUT2D eigenvalue weighted by molar-refractivity contribution is -0.139. The van der Waals surface area contributed by atoms with Gasteiger partial charge in [-0.2, -0.15) is 0 Å². The molecular formula is C26H31Cl3N2O2S. The Hall–Kier alpha value is -1.40. The predicted molar refractivity (Wildman–Crippen MR) is 144 cm³/mol. The Morgan fingerprint density at radius 3 is 2.29 bits per heavy atom. The molecule has 8 heteroatoms. The maximum absolute atomic E-state index is 13.4.